The maximum Gasteiger partial charge on any atom is 0.252 e. The molecule has 6 heteroatoms. The van der Waals surface area contributed by atoms with E-state index in [0.29, 0.717) is 6.54 Å². The molecule has 1 aliphatic carbocycles. The lowest BCUT2D eigenvalue weighted by Gasteiger charge is -2.27. The van der Waals surface area contributed by atoms with Crippen LogP contribution in [-0.4, -0.2) is 23.7 Å². The van der Waals surface area contributed by atoms with Crippen LogP contribution in [0.2, 0.25) is 10.0 Å². The number of carbonyl (C=O) groups is 1. The zero-order valence-electron chi connectivity index (χ0n) is 10.8. The number of aliphatic hydroxyl groups is 1. The van der Waals surface area contributed by atoms with Crippen molar-refractivity contribution in [3.8, 4) is 0 Å². The van der Waals surface area contributed by atoms with Crippen LogP contribution in [0.4, 0.5) is 4.39 Å². The van der Waals surface area contributed by atoms with Gasteiger partial charge in [0, 0.05) is 12.5 Å². The van der Waals surface area contributed by atoms with E-state index in [4.69, 9.17) is 23.2 Å². The molecular weight excluding hydrogens is 304 g/mol. The Hall–Kier alpha value is -0.840. The maximum absolute atomic E-state index is 13.4. The molecule has 1 saturated carbocycles. The lowest BCUT2D eigenvalue weighted by molar-refractivity contribution is 0.0663. The lowest BCUT2D eigenvalue weighted by Crippen LogP contribution is -2.36. The first kappa shape index (κ1) is 15.5. The van der Waals surface area contributed by atoms with Crippen LogP contribution < -0.4 is 5.32 Å². The Labute approximate surface area is 127 Å². The Morgan fingerprint density at radius 1 is 1.30 bits per heavy atom. The lowest BCUT2D eigenvalue weighted by atomic mass is 9.86. The summed E-state index contributed by atoms with van der Waals surface area (Å²) in [6.07, 6.45) is 3.32. The molecule has 2 unspecified atom stereocenters. The summed E-state index contributed by atoms with van der Waals surface area (Å²) in [7, 11) is 0. The van der Waals surface area contributed by atoms with Crippen LogP contribution in [0.5, 0.6) is 0 Å². The number of carbonyl (C=O) groups excluding carboxylic acids is 1. The second-order valence-electron chi connectivity index (χ2n) is 5.07. The molecule has 2 atom stereocenters. The number of hydrogen-bond acceptors (Lipinski definition) is 2. The van der Waals surface area contributed by atoms with Gasteiger partial charge in [0.1, 0.15) is 5.82 Å². The molecule has 110 valence electrons. The van der Waals surface area contributed by atoms with Crippen molar-refractivity contribution >= 4 is 29.1 Å². The van der Waals surface area contributed by atoms with Gasteiger partial charge in [0.25, 0.3) is 5.91 Å². The summed E-state index contributed by atoms with van der Waals surface area (Å²) in [5.74, 6) is -1.09. The Kier molecular flexibility index (Phi) is 5.24. The van der Waals surface area contributed by atoms with Gasteiger partial charge < -0.3 is 10.4 Å². The fourth-order valence-electron chi connectivity index (χ4n) is 2.44. The predicted octanol–water partition coefficient (Wildman–Crippen LogP) is 3.41. The molecule has 0 heterocycles. The first-order chi connectivity index (χ1) is 9.49. The van der Waals surface area contributed by atoms with Crippen LogP contribution in [-0.2, 0) is 0 Å². The number of aliphatic hydroxyl groups excluding tert-OH is 1. The molecule has 3 nitrogen and oxygen atoms in total. The summed E-state index contributed by atoms with van der Waals surface area (Å²) in [6.45, 7) is 0.362. The van der Waals surface area contributed by atoms with E-state index in [1.807, 2.05) is 0 Å². The van der Waals surface area contributed by atoms with E-state index in [9.17, 15) is 14.3 Å². The van der Waals surface area contributed by atoms with Crippen molar-refractivity contribution in [2.24, 2.45) is 5.92 Å². The average molecular weight is 320 g/mol. The second kappa shape index (κ2) is 6.74. The number of nitrogens with one attached hydrogen (secondary N) is 1. The van der Waals surface area contributed by atoms with Gasteiger partial charge >= 0.3 is 0 Å². The normalized spacial score (nSPS) is 22.6. The highest BCUT2D eigenvalue weighted by atomic mass is 35.5. The first-order valence-corrected chi connectivity index (χ1v) is 7.35. The van der Waals surface area contributed by atoms with Gasteiger partial charge in [-0.2, -0.15) is 0 Å². The fourth-order valence-corrected chi connectivity index (χ4v) is 2.91. The molecule has 20 heavy (non-hydrogen) atoms. The van der Waals surface area contributed by atoms with E-state index in [-0.39, 0.29) is 27.6 Å². The van der Waals surface area contributed by atoms with Crippen molar-refractivity contribution in [2.75, 3.05) is 6.54 Å². The molecule has 1 aliphatic rings. The molecular formula is C14H16Cl2FNO2. The highest BCUT2D eigenvalue weighted by Gasteiger charge is 2.24. The molecule has 0 spiro atoms. The third-order valence-corrected chi connectivity index (χ3v) is 4.25. The van der Waals surface area contributed by atoms with Crippen molar-refractivity contribution in [3.63, 3.8) is 0 Å². The largest absolute Gasteiger partial charge is 0.393 e. The van der Waals surface area contributed by atoms with Crippen LogP contribution >= 0.6 is 23.2 Å². The monoisotopic (exact) mass is 319 g/mol. The fraction of sp³-hybridized carbons (Fsp3) is 0.500. The van der Waals surface area contributed by atoms with Crippen molar-refractivity contribution in [2.45, 2.75) is 31.8 Å². The van der Waals surface area contributed by atoms with E-state index in [2.05, 4.69) is 5.32 Å². The Bertz CT molecular complexity index is 510. The zero-order valence-corrected chi connectivity index (χ0v) is 12.3. The van der Waals surface area contributed by atoms with Crippen LogP contribution in [0.3, 0.4) is 0 Å². The molecule has 0 aliphatic heterocycles. The van der Waals surface area contributed by atoms with Gasteiger partial charge in [-0.1, -0.05) is 36.0 Å². The van der Waals surface area contributed by atoms with Gasteiger partial charge in [-0.25, -0.2) is 4.39 Å². The number of hydrogen-bond donors (Lipinski definition) is 2. The van der Waals surface area contributed by atoms with Crippen LogP contribution in [0, 0.1) is 11.7 Å². The van der Waals surface area contributed by atoms with E-state index < -0.39 is 11.7 Å². The highest BCUT2D eigenvalue weighted by Crippen LogP contribution is 2.26. The van der Waals surface area contributed by atoms with Gasteiger partial charge in [-0.15, -0.1) is 0 Å². The van der Waals surface area contributed by atoms with Gasteiger partial charge in [0.05, 0.1) is 21.7 Å². The summed E-state index contributed by atoms with van der Waals surface area (Å²) in [5, 5.41) is 12.5. The molecule has 1 aromatic carbocycles. The van der Waals surface area contributed by atoms with Gasteiger partial charge in [-0.3, -0.25) is 4.79 Å². The second-order valence-corrected chi connectivity index (χ2v) is 5.88. The molecule has 0 saturated heterocycles. The predicted molar refractivity (Wildman–Crippen MR) is 76.7 cm³/mol. The minimum atomic E-state index is -0.682. The van der Waals surface area contributed by atoms with E-state index in [1.54, 1.807) is 0 Å². The summed E-state index contributed by atoms with van der Waals surface area (Å²) in [6, 6.07) is 2.24. The van der Waals surface area contributed by atoms with Crippen LogP contribution in [0.25, 0.3) is 0 Å². The summed E-state index contributed by atoms with van der Waals surface area (Å²) in [5.41, 5.74) is 0.0545. The molecule has 2 rings (SSSR count). The molecule has 2 N–H and O–H groups in total. The standard InChI is InChI=1S/C14H16Cl2FNO2/c15-10-6-11(16)12(17)5-9(10)14(20)18-7-8-3-1-2-4-13(8)19/h5-6,8,13,19H,1-4,7H2,(H,18,20). The molecule has 1 fully saturated rings. The minimum absolute atomic E-state index is 0.0450. The molecule has 0 aromatic heterocycles. The minimum Gasteiger partial charge on any atom is -0.393 e. The Morgan fingerprint density at radius 3 is 2.70 bits per heavy atom. The number of halogens is 3. The number of benzene rings is 1. The number of rotatable bonds is 3. The molecule has 1 amide bonds. The third kappa shape index (κ3) is 3.62. The molecule has 0 bridgehead atoms. The van der Waals surface area contributed by atoms with Gasteiger partial charge in [0.2, 0.25) is 0 Å². The van der Waals surface area contributed by atoms with E-state index in [1.165, 1.54) is 6.07 Å². The first-order valence-electron chi connectivity index (χ1n) is 6.60. The highest BCUT2D eigenvalue weighted by molar-refractivity contribution is 6.36. The third-order valence-electron chi connectivity index (χ3n) is 3.65. The van der Waals surface area contributed by atoms with Crippen molar-refractivity contribution < 1.29 is 14.3 Å². The SMILES string of the molecule is O=C(NCC1CCCCC1O)c1cc(F)c(Cl)cc1Cl. The summed E-state index contributed by atoms with van der Waals surface area (Å²) < 4.78 is 13.4. The maximum atomic E-state index is 13.4. The quantitative estimate of drug-likeness (QED) is 0.839. The zero-order chi connectivity index (χ0) is 14.7. The van der Waals surface area contributed by atoms with Gasteiger partial charge in [0.15, 0.2) is 0 Å². The Balaban J connectivity index is 2.00. The average Bonchev–Trinajstić information content (AvgIpc) is 2.41. The van der Waals surface area contributed by atoms with E-state index >= 15 is 0 Å². The Morgan fingerprint density at radius 2 is 2.00 bits per heavy atom. The smallest absolute Gasteiger partial charge is 0.252 e. The molecule has 1 aromatic rings. The van der Waals surface area contributed by atoms with E-state index in [0.717, 1.165) is 31.7 Å². The van der Waals surface area contributed by atoms with Crippen LogP contribution in [0.1, 0.15) is 36.0 Å². The topological polar surface area (TPSA) is 49.3 Å². The van der Waals surface area contributed by atoms with Gasteiger partial charge in [-0.05, 0) is 25.0 Å². The summed E-state index contributed by atoms with van der Waals surface area (Å²) in [4.78, 5) is 12.0. The molecule has 0 radical (unpaired) electrons. The van der Waals surface area contributed by atoms with Crippen molar-refractivity contribution in [1.82, 2.24) is 5.32 Å². The van der Waals surface area contributed by atoms with Crippen molar-refractivity contribution in [3.05, 3.63) is 33.6 Å². The number of amides is 1. The van der Waals surface area contributed by atoms with Crippen LogP contribution in [0.15, 0.2) is 12.1 Å². The summed E-state index contributed by atoms with van der Waals surface area (Å²) >= 11 is 11.5. The van der Waals surface area contributed by atoms with Crippen molar-refractivity contribution in [1.29, 1.82) is 0 Å².